The van der Waals surface area contributed by atoms with Gasteiger partial charge >= 0.3 is 0 Å². The standard InChI is InChI=1S/C4H7N3O2.C2H8N2.CH4N4O2/c8-7(9)6-4-2-1-3-5-4;3-1-2-4;2-1(3)4-5(6)7/h1-3H2,(H,5,6);1-4H2;(H4,2,3,4). The minimum absolute atomic E-state index is 0.500. The number of rotatable bonds is 3. The molecule has 13 heteroatoms. The summed E-state index contributed by atoms with van der Waals surface area (Å²) in [6, 6.07) is 0. The minimum atomic E-state index is -0.900. The molecule has 116 valence electrons. The van der Waals surface area contributed by atoms with E-state index in [-0.39, 0.29) is 0 Å². The van der Waals surface area contributed by atoms with E-state index in [2.05, 4.69) is 16.2 Å². The fourth-order valence-electron chi connectivity index (χ4n) is 0.859. The number of nitrogens with zero attached hydrogens (tertiary/aromatic N) is 3. The molecule has 20 heavy (non-hydrogen) atoms. The van der Waals surface area contributed by atoms with Crippen LogP contribution in [-0.4, -0.2) is 41.5 Å². The van der Waals surface area contributed by atoms with Gasteiger partial charge in [-0.2, -0.15) is 0 Å². The highest BCUT2D eigenvalue weighted by Crippen LogP contribution is 1.97. The average molecular weight is 293 g/mol. The first-order valence-electron chi connectivity index (χ1n) is 5.44. The number of guanidine groups is 1. The summed E-state index contributed by atoms with van der Waals surface area (Å²) >= 11 is 0. The zero-order valence-corrected chi connectivity index (χ0v) is 10.7. The van der Waals surface area contributed by atoms with Gasteiger partial charge in [0.1, 0.15) is 0 Å². The average Bonchev–Trinajstić information content (AvgIpc) is 2.80. The van der Waals surface area contributed by atoms with Gasteiger partial charge in [-0.05, 0) is 6.42 Å². The highest BCUT2D eigenvalue weighted by molar-refractivity contribution is 5.83. The van der Waals surface area contributed by atoms with Crippen molar-refractivity contribution in [2.75, 3.05) is 19.6 Å². The first-order valence-corrected chi connectivity index (χ1v) is 5.44. The topological polar surface area (TPSA) is 225 Å². The third-order valence-corrected chi connectivity index (χ3v) is 1.50. The molecule has 0 radical (unpaired) electrons. The Morgan fingerprint density at radius 3 is 2.15 bits per heavy atom. The summed E-state index contributed by atoms with van der Waals surface area (Å²) < 4.78 is 0. The Bertz CT molecular complexity index is 323. The summed E-state index contributed by atoms with van der Waals surface area (Å²) in [6.45, 7) is 2.01. The Kier molecular flexibility index (Phi) is 12.8. The molecular formula is C7H19N9O4. The van der Waals surface area contributed by atoms with Crippen molar-refractivity contribution in [2.45, 2.75) is 12.8 Å². The zero-order chi connectivity index (χ0) is 16.0. The predicted molar refractivity (Wildman–Crippen MR) is 71.8 cm³/mol. The first-order chi connectivity index (χ1) is 9.33. The summed E-state index contributed by atoms with van der Waals surface area (Å²) in [5.74, 6) is -0.162. The lowest BCUT2D eigenvalue weighted by Gasteiger charge is -1.86. The Hall–Kier alpha value is -2.54. The van der Waals surface area contributed by atoms with Crippen molar-refractivity contribution in [3.05, 3.63) is 20.2 Å². The monoisotopic (exact) mass is 293 g/mol. The van der Waals surface area contributed by atoms with Crippen LogP contribution in [0, 0.1) is 25.6 Å². The minimum Gasteiger partial charge on any atom is -0.368 e. The van der Waals surface area contributed by atoms with E-state index >= 15 is 0 Å². The van der Waals surface area contributed by atoms with Crippen LogP contribution < -0.4 is 27.9 Å². The van der Waals surface area contributed by atoms with Gasteiger partial charge in [0.15, 0.2) is 15.9 Å². The molecule has 0 amide bonds. The van der Waals surface area contributed by atoms with Crippen molar-refractivity contribution in [3.8, 4) is 0 Å². The van der Waals surface area contributed by atoms with Crippen molar-refractivity contribution < 1.29 is 10.1 Å². The van der Waals surface area contributed by atoms with E-state index in [1.165, 1.54) is 5.43 Å². The number of hydrazine groups is 1. The van der Waals surface area contributed by atoms with E-state index in [0.717, 1.165) is 13.0 Å². The molecule has 1 aliphatic rings. The van der Waals surface area contributed by atoms with Gasteiger partial charge in [0, 0.05) is 26.1 Å². The van der Waals surface area contributed by atoms with Crippen molar-refractivity contribution >= 4 is 11.8 Å². The van der Waals surface area contributed by atoms with E-state index < -0.39 is 16.0 Å². The quantitative estimate of drug-likeness (QED) is 0.140. The lowest BCUT2D eigenvalue weighted by atomic mass is 10.4. The van der Waals surface area contributed by atoms with Gasteiger partial charge < -0.3 is 22.5 Å². The van der Waals surface area contributed by atoms with Gasteiger partial charge in [0.05, 0.1) is 5.10 Å². The summed E-state index contributed by atoms with van der Waals surface area (Å²) in [5, 5.41) is 29.6. The van der Waals surface area contributed by atoms with Gasteiger partial charge in [0.2, 0.25) is 5.96 Å². The molecule has 0 unspecified atom stereocenters. The Morgan fingerprint density at radius 1 is 1.40 bits per heavy atom. The number of nitrogens with two attached hydrogens (primary N) is 3. The summed E-state index contributed by atoms with van der Waals surface area (Å²) in [4.78, 5) is 19.0. The van der Waals surface area contributed by atoms with E-state index in [9.17, 15) is 20.2 Å². The molecule has 1 rings (SSSR count). The molecule has 0 atom stereocenters. The highest BCUT2D eigenvalue weighted by Gasteiger charge is 2.09. The molecular weight excluding hydrogens is 274 g/mol. The molecule has 1 saturated heterocycles. The van der Waals surface area contributed by atoms with Crippen LogP contribution in [0.3, 0.4) is 0 Å². The molecule has 1 fully saturated rings. The molecule has 1 heterocycles. The fourth-order valence-corrected chi connectivity index (χ4v) is 0.859. The SMILES string of the molecule is N=C(N)N[N+](=O)[O-].NCCN.O=[N+]([O-])N=C1CCCN1. The van der Waals surface area contributed by atoms with Crippen molar-refractivity contribution in [1.29, 1.82) is 5.41 Å². The number of hydrazone groups is 1. The van der Waals surface area contributed by atoms with Gasteiger partial charge in [-0.15, -0.1) is 0 Å². The Labute approximate surface area is 114 Å². The number of nitrogens with one attached hydrogen (secondary N) is 3. The molecule has 0 aromatic heterocycles. The van der Waals surface area contributed by atoms with E-state index in [4.69, 9.17) is 16.9 Å². The van der Waals surface area contributed by atoms with Crippen LogP contribution in [0.15, 0.2) is 5.10 Å². The first kappa shape index (κ1) is 19.8. The van der Waals surface area contributed by atoms with Crippen molar-refractivity contribution in [3.63, 3.8) is 0 Å². The molecule has 1 aliphatic heterocycles. The smallest absolute Gasteiger partial charge is 0.248 e. The van der Waals surface area contributed by atoms with E-state index in [1.807, 2.05) is 0 Å². The zero-order valence-electron chi connectivity index (χ0n) is 10.7. The van der Waals surface area contributed by atoms with Crippen LogP contribution in [0.25, 0.3) is 0 Å². The van der Waals surface area contributed by atoms with E-state index in [1.54, 1.807) is 0 Å². The molecule has 13 nitrogen and oxygen atoms in total. The van der Waals surface area contributed by atoms with Gasteiger partial charge in [-0.1, -0.05) is 5.43 Å². The fraction of sp³-hybridized carbons (Fsp3) is 0.714. The Morgan fingerprint density at radius 2 is 1.95 bits per heavy atom. The second-order valence-corrected chi connectivity index (χ2v) is 3.17. The predicted octanol–water partition coefficient (Wildman–Crippen LogP) is -2.48. The van der Waals surface area contributed by atoms with Crippen molar-refractivity contribution in [1.82, 2.24) is 10.7 Å². The lowest BCUT2D eigenvalue weighted by Crippen LogP contribution is -2.34. The van der Waals surface area contributed by atoms with Crippen LogP contribution in [0.1, 0.15) is 12.8 Å². The van der Waals surface area contributed by atoms with Crippen LogP contribution in [0.5, 0.6) is 0 Å². The second-order valence-electron chi connectivity index (χ2n) is 3.17. The molecule has 0 aromatic carbocycles. The van der Waals surface area contributed by atoms with Crippen LogP contribution >= 0.6 is 0 Å². The number of nitro groups is 2. The molecule has 0 aromatic rings. The maximum Gasteiger partial charge on any atom is 0.248 e. The molecule has 0 aliphatic carbocycles. The molecule has 0 bridgehead atoms. The second kappa shape index (κ2) is 12.9. The third-order valence-electron chi connectivity index (χ3n) is 1.50. The molecule has 9 N–H and O–H groups in total. The molecule has 0 spiro atoms. The maximum atomic E-state index is 9.73. The van der Waals surface area contributed by atoms with Crippen LogP contribution in [-0.2, 0) is 0 Å². The number of hydrogen-bond donors (Lipinski definition) is 6. The number of hydrogen-bond acceptors (Lipinski definition) is 7. The van der Waals surface area contributed by atoms with Crippen LogP contribution in [0.4, 0.5) is 0 Å². The Balaban J connectivity index is 0. The normalized spacial score (nSPS) is 14.0. The van der Waals surface area contributed by atoms with Crippen molar-refractivity contribution in [2.24, 2.45) is 22.3 Å². The maximum absolute atomic E-state index is 9.73. The van der Waals surface area contributed by atoms with Crippen LogP contribution in [0.2, 0.25) is 0 Å². The van der Waals surface area contributed by atoms with Gasteiger partial charge in [0.25, 0.3) is 0 Å². The summed E-state index contributed by atoms with van der Waals surface area (Å²) in [5.41, 5.74) is 15.7. The highest BCUT2D eigenvalue weighted by atomic mass is 16.7. The molecule has 0 saturated carbocycles. The summed E-state index contributed by atoms with van der Waals surface area (Å²) in [6.07, 6.45) is 1.66. The summed E-state index contributed by atoms with van der Waals surface area (Å²) in [7, 11) is 0. The van der Waals surface area contributed by atoms with E-state index in [0.29, 0.717) is 25.3 Å². The number of amidine groups is 1. The largest absolute Gasteiger partial charge is 0.368 e. The van der Waals surface area contributed by atoms with Gasteiger partial charge in [-0.25, -0.2) is 20.2 Å². The van der Waals surface area contributed by atoms with Gasteiger partial charge in [-0.3, -0.25) is 5.41 Å². The third kappa shape index (κ3) is 17.8. The lowest BCUT2D eigenvalue weighted by molar-refractivity contribution is -0.525.